The molecule has 258 valence electrons. The lowest BCUT2D eigenvalue weighted by molar-refractivity contribution is 0.180. The smallest absolute Gasteiger partial charge is 0.159 e. The summed E-state index contributed by atoms with van der Waals surface area (Å²) in [4.78, 5) is 10.7. The summed E-state index contributed by atoms with van der Waals surface area (Å²) < 4.78 is 6.40. The quantitative estimate of drug-likeness (QED) is 0.173. The molecule has 0 amide bonds. The SMILES string of the molecule is C1=CC2C(CC1)CC(c1cc(C3C=Cc4ccccc4C3)nc(-c3ccccc3)n1)CC2C1=CC2c3c(ccc4oc5ccccc5c34)C=CC2C=C1. The maximum absolute atomic E-state index is 6.40. The van der Waals surface area contributed by atoms with Crippen LogP contribution < -0.4 is 0 Å². The standard InChI is InChI=1S/C50H42N2O/c1-2-11-34(12-3-1)50-51-44(38-23-18-31-10-4-5-13-35(31)26-38)30-45(52-50)39-27-36-14-6-7-15-40(36)42(29-39)37-22-20-32-19-21-33-24-25-47-49(48(33)43(32)28-37)41-16-8-9-17-46(41)53-47/h1-5,7-13,15-25,28,30,32,36,38-40,42-43H,6,14,26-27,29H2. The van der Waals surface area contributed by atoms with Crippen LogP contribution in [0.2, 0.25) is 0 Å². The molecule has 1 fully saturated rings. The van der Waals surface area contributed by atoms with E-state index in [2.05, 4.69) is 152 Å². The Hall–Kier alpha value is -5.54. The van der Waals surface area contributed by atoms with Crippen molar-refractivity contribution in [2.75, 3.05) is 0 Å². The van der Waals surface area contributed by atoms with E-state index in [0.717, 1.165) is 41.1 Å². The predicted octanol–water partition coefficient (Wildman–Crippen LogP) is 12.4. The van der Waals surface area contributed by atoms with Gasteiger partial charge in [-0.1, -0.05) is 134 Å². The van der Waals surface area contributed by atoms with Crippen LogP contribution in [0.4, 0.5) is 0 Å². The summed E-state index contributed by atoms with van der Waals surface area (Å²) in [5.74, 6) is 3.69. The second kappa shape index (κ2) is 12.6. The Morgan fingerprint density at radius 2 is 1.51 bits per heavy atom. The van der Waals surface area contributed by atoms with Gasteiger partial charge in [0.1, 0.15) is 11.2 Å². The molecule has 53 heavy (non-hydrogen) atoms. The van der Waals surface area contributed by atoms with Gasteiger partial charge in [0.05, 0.1) is 5.69 Å². The van der Waals surface area contributed by atoms with Gasteiger partial charge >= 0.3 is 0 Å². The number of aromatic nitrogens is 2. The van der Waals surface area contributed by atoms with Gasteiger partial charge in [0.15, 0.2) is 5.82 Å². The zero-order chi connectivity index (χ0) is 34.9. The summed E-state index contributed by atoms with van der Waals surface area (Å²) in [6, 6.07) is 34.7. The summed E-state index contributed by atoms with van der Waals surface area (Å²) >= 11 is 0. The van der Waals surface area contributed by atoms with Gasteiger partial charge in [0.2, 0.25) is 0 Å². The number of fused-ring (bicyclic) bond motifs is 9. The van der Waals surface area contributed by atoms with Gasteiger partial charge in [-0.15, -0.1) is 0 Å². The lowest BCUT2D eigenvalue weighted by atomic mass is 9.60. The number of para-hydroxylation sites is 1. The molecule has 2 heterocycles. The van der Waals surface area contributed by atoms with Crippen LogP contribution >= 0.6 is 0 Å². The summed E-state index contributed by atoms with van der Waals surface area (Å²) in [5.41, 5.74) is 12.3. The van der Waals surface area contributed by atoms with Crippen LogP contribution in [-0.4, -0.2) is 9.97 Å². The molecular weight excluding hydrogens is 645 g/mol. The van der Waals surface area contributed by atoms with Gasteiger partial charge < -0.3 is 4.42 Å². The Kier molecular flexibility index (Phi) is 7.35. The molecule has 0 aliphatic heterocycles. The van der Waals surface area contributed by atoms with Crippen molar-refractivity contribution in [3.63, 3.8) is 0 Å². The van der Waals surface area contributed by atoms with E-state index < -0.39 is 0 Å². The zero-order valence-corrected chi connectivity index (χ0v) is 29.8. The summed E-state index contributed by atoms with van der Waals surface area (Å²) in [5, 5.41) is 2.50. The lowest BCUT2D eigenvalue weighted by Crippen LogP contribution is -2.34. The average Bonchev–Trinajstić information content (AvgIpc) is 3.62. The Morgan fingerprint density at radius 3 is 2.47 bits per heavy atom. The molecule has 0 spiro atoms. The van der Waals surface area contributed by atoms with Gasteiger partial charge in [-0.2, -0.15) is 0 Å². The van der Waals surface area contributed by atoms with Gasteiger partial charge in [0.25, 0.3) is 0 Å². The number of benzene rings is 4. The van der Waals surface area contributed by atoms with Crippen LogP contribution in [0.3, 0.4) is 0 Å². The molecule has 0 radical (unpaired) electrons. The first-order valence-electron chi connectivity index (χ1n) is 19.6. The number of hydrogen-bond donors (Lipinski definition) is 0. The van der Waals surface area contributed by atoms with Crippen LogP contribution in [0.5, 0.6) is 0 Å². The molecule has 0 N–H and O–H groups in total. The first-order chi connectivity index (χ1) is 26.2. The van der Waals surface area contributed by atoms with Crippen molar-refractivity contribution in [3.8, 4) is 11.4 Å². The molecule has 4 aromatic carbocycles. The van der Waals surface area contributed by atoms with E-state index in [0.29, 0.717) is 29.6 Å². The monoisotopic (exact) mass is 686 g/mol. The minimum absolute atomic E-state index is 0.232. The van der Waals surface area contributed by atoms with E-state index in [4.69, 9.17) is 14.4 Å². The number of furan rings is 1. The van der Waals surface area contributed by atoms with Gasteiger partial charge in [-0.25, -0.2) is 9.97 Å². The van der Waals surface area contributed by atoms with E-state index in [-0.39, 0.29) is 11.8 Å². The minimum atomic E-state index is 0.232. The molecule has 3 nitrogen and oxygen atoms in total. The Morgan fingerprint density at radius 1 is 0.679 bits per heavy atom. The highest BCUT2D eigenvalue weighted by Crippen LogP contribution is 2.53. The van der Waals surface area contributed by atoms with Crippen molar-refractivity contribution in [1.29, 1.82) is 0 Å². The second-order valence-corrected chi connectivity index (χ2v) is 15.9. The first kappa shape index (κ1) is 31.0. The van der Waals surface area contributed by atoms with Crippen LogP contribution in [0.25, 0.3) is 45.5 Å². The van der Waals surface area contributed by atoms with Crippen LogP contribution in [0.1, 0.15) is 77.1 Å². The molecule has 3 heteroatoms. The van der Waals surface area contributed by atoms with Crippen molar-refractivity contribution in [1.82, 2.24) is 9.97 Å². The first-order valence-corrected chi connectivity index (χ1v) is 19.6. The van der Waals surface area contributed by atoms with Crippen molar-refractivity contribution < 1.29 is 4.42 Å². The molecule has 5 aliphatic rings. The average molecular weight is 687 g/mol. The molecule has 0 saturated heterocycles. The third-order valence-electron chi connectivity index (χ3n) is 13.0. The predicted molar refractivity (Wildman–Crippen MR) is 216 cm³/mol. The molecule has 7 atom stereocenters. The fourth-order valence-corrected chi connectivity index (χ4v) is 10.4. The number of allylic oxidation sites excluding steroid dienone is 8. The fraction of sp³-hybridized carbons (Fsp3) is 0.240. The minimum Gasteiger partial charge on any atom is -0.456 e. The van der Waals surface area contributed by atoms with E-state index in [1.165, 1.54) is 63.6 Å². The Labute approximate surface area is 311 Å². The fourth-order valence-electron chi connectivity index (χ4n) is 10.4. The Balaban J connectivity index is 0.997. The highest BCUT2D eigenvalue weighted by molar-refractivity contribution is 6.08. The second-order valence-electron chi connectivity index (χ2n) is 15.9. The van der Waals surface area contributed by atoms with Gasteiger partial charge in [-0.3, -0.25) is 0 Å². The zero-order valence-electron chi connectivity index (χ0n) is 29.8. The number of nitrogens with zero attached hydrogens (tertiary/aromatic N) is 2. The van der Waals surface area contributed by atoms with Crippen LogP contribution in [-0.2, 0) is 6.42 Å². The third-order valence-corrected chi connectivity index (χ3v) is 13.0. The molecular formula is C50H42N2O. The third kappa shape index (κ3) is 5.31. The van der Waals surface area contributed by atoms with E-state index >= 15 is 0 Å². The van der Waals surface area contributed by atoms with Gasteiger partial charge in [0, 0.05) is 45.7 Å². The van der Waals surface area contributed by atoms with Crippen LogP contribution in [0.15, 0.2) is 150 Å². The summed E-state index contributed by atoms with van der Waals surface area (Å²) in [6.45, 7) is 0. The van der Waals surface area contributed by atoms with E-state index in [1.807, 2.05) is 0 Å². The van der Waals surface area contributed by atoms with Gasteiger partial charge in [-0.05, 0) is 95.9 Å². The van der Waals surface area contributed by atoms with Crippen LogP contribution in [0, 0.1) is 23.7 Å². The van der Waals surface area contributed by atoms with Crippen molar-refractivity contribution in [2.24, 2.45) is 23.7 Å². The highest BCUT2D eigenvalue weighted by atomic mass is 16.3. The normalized spacial score (nSPS) is 26.9. The summed E-state index contributed by atoms with van der Waals surface area (Å²) in [6.07, 6.45) is 27.7. The molecule has 7 unspecified atom stereocenters. The van der Waals surface area contributed by atoms with Crippen molar-refractivity contribution >= 4 is 34.1 Å². The molecule has 1 saturated carbocycles. The Bertz CT molecular complexity index is 2550. The maximum atomic E-state index is 6.40. The molecule has 0 bridgehead atoms. The molecule has 5 aliphatic carbocycles. The van der Waals surface area contributed by atoms with Crippen molar-refractivity contribution in [2.45, 2.75) is 49.9 Å². The maximum Gasteiger partial charge on any atom is 0.159 e. The summed E-state index contributed by atoms with van der Waals surface area (Å²) in [7, 11) is 0. The molecule has 2 aromatic heterocycles. The molecule has 6 aromatic rings. The number of rotatable bonds is 4. The highest BCUT2D eigenvalue weighted by Gasteiger charge is 2.41. The molecule has 11 rings (SSSR count). The lowest BCUT2D eigenvalue weighted by Gasteiger charge is -2.44. The topological polar surface area (TPSA) is 38.9 Å². The number of hydrogen-bond acceptors (Lipinski definition) is 3. The van der Waals surface area contributed by atoms with E-state index in [1.54, 1.807) is 0 Å². The van der Waals surface area contributed by atoms with Crippen molar-refractivity contribution in [3.05, 3.63) is 179 Å². The van der Waals surface area contributed by atoms with E-state index in [9.17, 15) is 0 Å². The largest absolute Gasteiger partial charge is 0.456 e.